The van der Waals surface area contributed by atoms with E-state index in [-0.39, 0.29) is 6.04 Å². The topological polar surface area (TPSA) is 41.8 Å². The van der Waals surface area contributed by atoms with Crippen molar-refractivity contribution >= 4 is 15.9 Å². The van der Waals surface area contributed by atoms with Crippen molar-refractivity contribution in [3.63, 3.8) is 0 Å². The molecule has 0 aromatic carbocycles. The van der Waals surface area contributed by atoms with Gasteiger partial charge in [-0.25, -0.2) is 0 Å². The number of nitrogens with one attached hydrogen (secondary N) is 1. The molecule has 2 nitrogen and oxygen atoms in total. The predicted octanol–water partition coefficient (Wildman–Crippen LogP) is 2.35. The Morgan fingerprint density at radius 3 is 3.00 bits per heavy atom. The van der Waals surface area contributed by atoms with Gasteiger partial charge in [0.1, 0.15) is 0 Å². The Hall–Kier alpha value is -0.540. The molecule has 3 heteroatoms. The summed E-state index contributed by atoms with van der Waals surface area (Å²) in [6, 6.07) is 2.02. The summed E-state index contributed by atoms with van der Waals surface area (Å²) >= 11 is 3.34. The molecule has 1 aromatic rings. The van der Waals surface area contributed by atoms with Crippen LogP contribution in [0.25, 0.3) is 0 Å². The lowest BCUT2D eigenvalue weighted by atomic mass is 10.1. The van der Waals surface area contributed by atoms with Crippen molar-refractivity contribution in [1.29, 1.82) is 0 Å². The first-order valence-corrected chi connectivity index (χ1v) is 4.23. The van der Waals surface area contributed by atoms with Gasteiger partial charge in [0.2, 0.25) is 0 Å². The Morgan fingerprint density at radius 1 is 1.82 bits per heavy atom. The second-order valence-corrected chi connectivity index (χ2v) is 3.32. The number of halogens is 1. The van der Waals surface area contributed by atoms with E-state index in [1.807, 2.05) is 18.3 Å². The van der Waals surface area contributed by atoms with Crippen LogP contribution >= 0.6 is 15.9 Å². The molecule has 11 heavy (non-hydrogen) atoms. The summed E-state index contributed by atoms with van der Waals surface area (Å²) in [5.74, 6) is 0. The van der Waals surface area contributed by atoms with Crippen LogP contribution in [0.4, 0.5) is 0 Å². The number of hydrogen-bond donors (Lipinski definition) is 2. The highest BCUT2D eigenvalue weighted by Gasteiger charge is 2.04. The summed E-state index contributed by atoms with van der Waals surface area (Å²) in [5, 5.41) is 0. The fraction of sp³-hybridized carbons (Fsp3) is 0.250. The second kappa shape index (κ2) is 3.74. The summed E-state index contributed by atoms with van der Waals surface area (Å²) in [6.07, 6.45) is 4.49. The largest absolute Gasteiger partial charge is 0.363 e. The molecule has 0 unspecified atom stereocenters. The maximum Gasteiger partial charge on any atom is 0.0483 e. The van der Waals surface area contributed by atoms with E-state index in [1.54, 1.807) is 0 Å². The van der Waals surface area contributed by atoms with Gasteiger partial charge >= 0.3 is 0 Å². The summed E-state index contributed by atoms with van der Waals surface area (Å²) in [7, 11) is 0. The molecule has 0 aliphatic carbocycles. The molecule has 0 bridgehead atoms. The predicted molar refractivity (Wildman–Crippen MR) is 50.2 cm³/mol. The van der Waals surface area contributed by atoms with Crippen LogP contribution in [0.15, 0.2) is 29.4 Å². The molecule has 1 atom stereocenters. The average molecular weight is 215 g/mol. The van der Waals surface area contributed by atoms with E-state index < -0.39 is 0 Å². The van der Waals surface area contributed by atoms with Crippen LogP contribution in [-0.4, -0.2) is 4.98 Å². The van der Waals surface area contributed by atoms with Gasteiger partial charge < -0.3 is 10.7 Å². The SMILES string of the molecule is C=CC[C@H](N)c1cc(Br)c[nH]1. The molecule has 60 valence electrons. The molecule has 1 rings (SSSR count). The highest BCUT2D eigenvalue weighted by atomic mass is 79.9. The Bertz CT molecular complexity index is 242. The van der Waals surface area contributed by atoms with Crippen LogP contribution in [0.1, 0.15) is 18.2 Å². The van der Waals surface area contributed by atoms with Gasteiger partial charge in [-0.05, 0) is 28.4 Å². The van der Waals surface area contributed by atoms with Crippen molar-refractivity contribution in [3.8, 4) is 0 Å². The smallest absolute Gasteiger partial charge is 0.0483 e. The van der Waals surface area contributed by atoms with Gasteiger partial charge in [0.25, 0.3) is 0 Å². The summed E-state index contributed by atoms with van der Waals surface area (Å²) in [5.41, 5.74) is 6.83. The standard InChI is InChI=1S/C8H11BrN2/c1-2-3-7(10)8-4-6(9)5-11-8/h2,4-5,7,11H,1,3,10H2/t7-/m0/s1. The monoisotopic (exact) mass is 214 g/mol. The molecular formula is C8H11BrN2. The first-order chi connectivity index (χ1) is 5.24. The maximum absolute atomic E-state index is 5.80. The highest BCUT2D eigenvalue weighted by molar-refractivity contribution is 9.10. The van der Waals surface area contributed by atoms with Crippen LogP contribution in [0.2, 0.25) is 0 Å². The van der Waals surface area contributed by atoms with E-state index in [0.29, 0.717) is 0 Å². The van der Waals surface area contributed by atoms with Crippen LogP contribution in [0.5, 0.6) is 0 Å². The van der Waals surface area contributed by atoms with E-state index in [0.717, 1.165) is 16.6 Å². The van der Waals surface area contributed by atoms with Gasteiger partial charge in [0, 0.05) is 22.4 Å². The Kier molecular flexibility index (Phi) is 2.91. The van der Waals surface area contributed by atoms with Gasteiger partial charge in [0.05, 0.1) is 0 Å². The minimum absolute atomic E-state index is 0.0406. The van der Waals surface area contributed by atoms with Gasteiger partial charge in [0.15, 0.2) is 0 Å². The van der Waals surface area contributed by atoms with Crippen molar-refractivity contribution in [2.45, 2.75) is 12.5 Å². The molecule has 0 aliphatic rings. The first-order valence-electron chi connectivity index (χ1n) is 3.44. The zero-order chi connectivity index (χ0) is 8.27. The fourth-order valence-corrected chi connectivity index (χ4v) is 1.27. The molecule has 3 N–H and O–H groups in total. The minimum Gasteiger partial charge on any atom is -0.363 e. The first kappa shape index (κ1) is 8.56. The molecule has 0 spiro atoms. The summed E-state index contributed by atoms with van der Waals surface area (Å²) in [6.45, 7) is 3.63. The summed E-state index contributed by atoms with van der Waals surface area (Å²) < 4.78 is 1.03. The zero-order valence-corrected chi connectivity index (χ0v) is 7.76. The molecule has 1 aromatic heterocycles. The molecule has 1 heterocycles. The van der Waals surface area contributed by atoms with Crippen LogP contribution < -0.4 is 5.73 Å². The third kappa shape index (κ3) is 2.20. The number of aromatic amines is 1. The van der Waals surface area contributed by atoms with E-state index >= 15 is 0 Å². The van der Waals surface area contributed by atoms with Gasteiger partial charge in [-0.3, -0.25) is 0 Å². The average Bonchev–Trinajstić information content (AvgIpc) is 2.36. The number of hydrogen-bond acceptors (Lipinski definition) is 1. The molecule has 0 radical (unpaired) electrons. The van der Waals surface area contributed by atoms with Crippen molar-refractivity contribution < 1.29 is 0 Å². The normalized spacial score (nSPS) is 12.9. The Balaban J connectivity index is 2.67. The van der Waals surface area contributed by atoms with E-state index in [2.05, 4.69) is 27.5 Å². The van der Waals surface area contributed by atoms with Gasteiger partial charge in [-0.1, -0.05) is 6.08 Å². The zero-order valence-electron chi connectivity index (χ0n) is 6.18. The minimum atomic E-state index is 0.0406. The second-order valence-electron chi connectivity index (χ2n) is 2.40. The van der Waals surface area contributed by atoms with Gasteiger partial charge in [-0.2, -0.15) is 0 Å². The third-order valence-electron chi connectivity index (χ3n) is 1.49. The van der Waals surface area contributed by atoms with Crippen molar-refractivity contribution in [2.75, 3.05) is 0 Å². The van der Waals surface area contributed by atoms with Crippen molar-refractivity contribution in [2.24, 2.45) is 5.73 Å². The Morgan fingerprint density at radius 2 is 2.55 bits per heavy atom. The maximum atomic E-state index is 5.80. The molecule has 0 amide bonds. The van der Waals surface area contributed by atoms with Crippen LogP contribution in [-0.2, 0) is 0 Å². The lowest BCUT2D eigenvalue weighted by Crippen LogP contribution is -2.08. The fourth-order valence-electron chi connectivity index (χ4n) is 0.905. The number of aromatic nitrogens is 1. The van der Waals surface area contributed by atoms with Crippen LogP contribution in [0.3, 0.4) is 0 Å². The van der Waals surface area contributed by atoms with E-state index in [9.17, 15) is 0 Å². The third-order valence-corrected chi connectivity index (χ3v) is 1.95. The van der Waals surface area contributed by atoms with E-state index in [4.69, 9.17) is 5.73 Å². The molecule has 0 saturated heterocycles. The quantitative estimate of drug-likeness (QED) is 0.746. The van der Waals surface area contributed by atoms with Crippen molar-refractivity contribution in [3.05, 3.63) is 35.1 Å². The summed E-state index contributed by atoms with van der Waals surface area (Å²) in [4.78, 5) is 3.07. The van der Waals surface area contributed by atoms with E-state index in [1.165, 1.54) is 0 Å². The van der Waals surface area contributed by atoms with Gasteiger partial charge in [-0.15, -0.1) is 6.58 Å². The molecule has 0 fully saturated rings. The number of nitrogens with two attached hydrogens (primary N) is 1. The molecule has 0 saturated carbocycles. The number of rotatable bonds is 3. The van der Waals surface area contributed by atoms with Crippen LogP contribution in [0, 0.1) is 0 Å². The Labute approximate surface area is 74.6 Å². The molecule has 0 aliphatic heterocycles. The molecular weight excluding hydrogens is 204 g/mol. The number of H-pyrrole nitrogens is 1. The van der Waals surface area contributed by atoms with Crippen molar-refractivity contribution in [1.82, 2.24) is 4.98 Å². The lowest BCUT2D eigenvalue weighted by Gasteiger charge is -2.04. The lowest BCUT2D eigenvalue weighted by molar-refractivity contribution is 0.720. The highest BCUT2D eigenvalue weighted by Crippen LogP contribution is 2.17.